The zero-order valence-electron chi connectivity index (χ0n) is 13.0. The van der Waals surface area contributed by atoms with Gasteiger partial charge >= 0.3 is 6.03 Å². The minimum Gasteiger partial charge on any atom is -0.367 e. The minimum atomic E-state index is -0.839. The van der Waals surface area contributed by atoms with Crippen molar-refractivity contribution in [2.24, 2.45) is 5.73 Å². The molecule has 0 saturated carbocycles. The molecule has 5 heteroatoms. The SMILES string of the molecule is NC(=O)N(O)Cc1ccc2c(c1)CCCN2Cc1ccccc1. The van der Waals surface area contributed by atoms with Gasteiger partial charge in [0.25, 0.3) is 0 Å². The molecule has 0 aliphatic carbocycles. The van der Waals surface area contributed by atoms with Crippen molar-refractivity contribution in [3.8, 4) is 0 Å². The molecule has 3 N–H and O–H groups in total. The molecule has 0 saturated heterocycles. The molecule has 1 aliphatic rings. The van der Waals surface area contributed by atoms with Crippen LogP contribution in [0, 0.1) is 0 Å². The summed E-state index contributed by atoms with van der Waals surface area (Å²) < 4.78 is 0. The Labute approximate surface area is 135 Å². The number of nitrogens with zero attached hydrogens (tertiary/aromatic N) is 2. The number of rotatable bonds is 4. The number of primary amides is 1. The van der Waals surface area contributed by atoms with Crippen LogP contribution in [0.2, 0.25) is 0 Å². The van der Waals surface area contributed by atoms with Crippen LogP contribution in [0.3, 0.4) is 0 Å². The summed E-state index contributed by atoms with van der Waals surface area (Å²) in [5.41, 5.74) is 9.71. The summed E-state index contributed by atoms with van der Waals surface area (Å²) in [6.07, 6.45) is 2.11. The smallest absolute Gasteiger partial charge is 0.338 e. The molecule has 1 aliphatic heterocycles. The molecule has 0 bridgehead atoms. The van der Waals surface area contributed by atoms with Crippen molar-refractivity contribution >= 4 is 11.7 Å². The highest BCUT2D eigenvalue weighted by molar-refractivity contribution is 5.70. The van der Waals surface area contributed by atoms with E-state index in [0.29, 0.717) is 5.06 Å². The molecule has 0 aromatic heterocycles. The van der Waals surface area contributed by atoms with Crippen molar-refractivity contribution in [3.63, 3.8) is 0 Å². The number of hydrogen-bond acceptors (Lipinski definition) is 3. The van der Waals surface area contributed by atoms with Gasteiger partial charge in [-0.25, -0.2) is 9.86 Å². The van der Waals surface area contributed by atoms with Gasteiger partial charge in [0.05, 0.1) is 6.54 Å². The van der Waals surface area contributed by atoms with E-state index >= 15 is 0 Å². The number of aryl methyl sites for hydroxylation is 1. The Hall–Kier alpha value is -2.53. The fraction of sp³-hybridized carbons (Fsp3) is 0.278. The molecular weight excluding hydrogens is 290 g/mol. The van der Waals surface area contributed by atoms with Gasteiger partial charge < -0.3 is 10.6 Å². The van der Waals surface area contributed by atoms with Crippen LogP contribution in [0.15, 0.2) is 48.5 Å². The van der Waals surface area contributed by atoms with Gasteiger partial charge in [-0.2, -0.15) is 0 Å². The van der Waals surface area contributed by atoms with E-state index in [1.165, 1.54) is 16.8 Å². The van der Waals surface area contributed by atoms with Crippen LogP contribution in [0.25, 0.3) is 0 Å². The van der Waals surface area contributed by atoms with E-state index in [2.05, 4.69) is 41.3 Å². The van der Waals surface area contributed by atoms with Crippen LogP contribution < -0.4 is 10.6 Å². The number of carbonyl (C=O) groups is 1. The highest BCUT2D eigenvalue weighted by atomic mass is 16.5. The van der Waals surface area contributed by atoms with Gasteiger partial charge in [-0.15, -0.1) is 0 Å². The minimum absolute atomic E-state index is 0.112. The highest BCUT2D eigenvalue weighted by Gasteiger charge is 2.18. The van der Waals surface area contributed by atoms with Crippen LogP contribution in [0.4, 0.5) is 10.5 Å². The first-order chi connectivity index (χ1) is 11.1. The predicted molar refractivity (Wildman–Crippen MR) is 89.2 cm³/mol. The van der Waals surface area contributed by atoms with E-state index in [0.717, 1.165) is 31.5 Å². The number of anilines is 1. The lowest BCUT2D eigenvalue weighted by molar-refractivity contribution is -0.0470. The number of carbonyl (C=O) groups excluding carboxylic acids is 1. The van der Waals surface area contributed by atoms with E-state index in [-0.39, 0.29) is 6.54 Å². The zero-order chi connectivity index (χ0) is 16.2. The second kappa shape index (κ2) is 6.71. The summed E-state index contributed by atoms with van der Waals surface area (Å²) in [5, 5.41) is 10.0. The second-order valence-electron chi connectivity index (χ2n) is 5.87. The maximum absolute atomic E-state index is 10.9. The van der Waals surface area contributed by atoms with Gasteiger partial charge in [0.1, 0.15) is 0 Å². The van der Waals surface area contributed by atoms with E-state index in [4.69, 9.17) is 5.73 Å². The van der Waals surface area contributed by atoms with E-state index in [1.807, 2.05) is 12.1 Å². The lowest BCUT2D eigenvalue weighted by Crippen LogP contribution is -2.32. The maximum atomic E-state index is 10.9. The van der Waals surface area contributed by atoms with E-state index in [9.17, 15) is 10.0 Å². The van der Waals surface area contributed by atoms with Crippen LogP contribution in [0.1, 0.15) is 23.1 Å². The van der Waals surface area contributed by atoms with E-state index in [1.54, 1.807) is 0 Å². The van der Waals surface area contributed by atoms with Crippen molar-refractivity contribution in [1.29, 1.82) is 0 Å². The molecule has 2 amide bonds. The lowest BCUT2D eigenvalue weighted by Gasteiger charge is -2.32. The van der Waals surface area contributed by atoms with Crippen molar-refractivity contribution in [3.05, 3.63) is 65.2 Å². The van der Waals surface area contributed by atoms with E-state index < -0.39 is 6.03 Å². The molecule has 1 heterocycles. The van der Waals surface area contributed by atoms with Gasteiger partial charge in [0.2, 0.25) is 0 Å². The normalized spacial score (nSPS) is 13.5. The molecular formula is C18H21N3O2. The Morgan fingerprint density at radius 1 is 1.17 bits per heavy atom. The molecule has 23 heavy (non-hydrogen) atoms. The Morgan fingerprint density at radius 2 is 1.96 bits per heavy atom. The molecule has 120 valence electrons. The molecule has 0 atom stereocenters. The third-order valence-corrected chi connectivity index (χ3v) is 4.16. The van der Waals surface area contributed by atoms with Gasteiger partial charge in [-0.3, -0.25) is 5.21 Å². The standard InChI is InChI=1S/C18H21N3O2/c19-18(22)21(23)13-15-8-9-17-16(11-15)7-4-10-20(17)12-14-5-2-1-3-6-14/h1-3,5-6,8-9,11,23H,4,7,10,12-13H2,(H2,19,22). The van der Waals surface area contributed by atoms with Crippen molar-refractivity contribution < 1.29 is 10.0 Å². The van der Waals surface area contributed by atoms with Gasteiger partial charge in [-0.1, -0.05) is 42.5 Å². The zero-order valence-corrected chi connectivity index (χ0v) is 13.0. The molecule has 0 fully saturated rings. The second-order valence-corrected chi connectivity index (χ2v) is 5.87. The first-order valence-electron chi connectivity index (χ1n) is 7.80. The predicted octanol–water partition coefficient (Wildman–Crippen LogP) is 2.91. The van der Waals surface area contributed by atoms with Crippen LogP contribution in [0.5, 0.6) is 0 Å². The number of benzene rings is 2. The monoisotopic (exact) mass is 311 g/mol. The first kappa shape index (κ1) is 15.4. The lowest BCUT2D eigenvalue weighted by atomic mass is 9.98. The molecule has 0 radical (unpaired) electrons. The van der Waals surface area contributed by atoms with Gasteiger partial charge in [0.15, 0.2) is 0 Å². The Kier molecular flexibility index (Phi) is 4.48. The summed E-state index contributed by atoms with van der Waals surface area (Å²) in [5.74, 6) is 0. The molecule has 2 aromatic rings. The van der Waals surface area contributed by atoms with Crippen LogP contribution in [-0.2, 0) is 19.5 Å². The number of fused-ring (bicyclic) bond motifs is 1. The fourth-order valence-electron chi connectivity index (χ4n) is 3.05. The van der Waals surface area contributed by atoms with Gasteiger partial charge in [0, 0.05) is 18.8 Å². The van der Waals surface area contributed by atoms with Crippen LogP contribution in [-0.4, -0.2) is 22.8 Å². The van der Waals surface area contributed by atoms with Crippen molar-refractivity contribution in [2.45, 2.75) is 25.9 Å². The molecule has 0 unspecified atom stereocenters. The number of hydrogen-bond donors (Lipinski definition) is 2. The van der Waals surface area contributed by atoms with Crippen molar-refractivity contribution in [1.82, 2.24) is 5.06 Å². The fourth-order valence-corrected chi connectivity index (χ4v) is 3.05. The summed E-state index contributed by atoms with van der Waals surface area (Å²) in [6, 6.07) is 15.6. The Balaban J connectivity index is 1.78. The maximum Gasteiger partial charge on any atom is 0.338 e. The Bertz CT molecular complexity index is 688. The number of hydroxylamine groups is 2. The average Bonchev–Trinajstić information content (AvgIpc) is 2.56. The topological polar surface area (TPSA) is 69.8 Å². The average molecular weight is 311 g/mol. The number of urea groups is 1. The van der Waals surface area contributed by atoms with Crippen molar-refractivity contribution in [2.75, 3.05) is 11.4 Å². The summed E-state index contributed by atoms with van der Waals surface area (Å²) in [7, 11) is 0. The summed E-state index contributed by atoms with van der Waals surface area (Å²) in [6.45, 7) is 2.04. The highest BCUT2D eigenvalue weighted by Crippen LogP contribution is 2.29. The quantitative estimate of drug-likeness (QED) is 0.674. The summed E-state index contributed by atoms with van der Waals surface area (Å²) in [4.78, 5) is 13.3. The molecule has 5 nitrogen and oxygen atoms in total. The molecule has 0 spiro atoms. The summed E-state index contributed by atoms with van der Waals surface area (Å²) >= 11 is 0. The number of nitrogens with two attached hydrogens (primary N) is 1. The first-order valence-corrected chi connectivity index (χ1v) is 7.80. The molecule has 2 aromatic carbocycles. The van der Waals surface area contributed by atoms with Crippen LogP contribution >= 0.6 is 0 Å². The third kappa shape index (κ3) is 3.63. The number of amides is 2. The van der Waals surface area contributed by atoms with Gasteiger partial charge in [-0.05, 0) is 35.6 Å². The Morgan fingerprint density at radius 3 is 2.70 bits per heavy atom. The largest absolute Gasteiger partial charge is 0.367 e. The molecule has 3 rings (SSSR count). The third-order valence-electron chi connectivity index (χ3n) is 4.16.